The molecule has 0 spiro atoms. The molecule has 0 bridgehead atoms. The highest BCUT2D eigenvalue weighted by Crippen LogP contribution is 2.35. The third-order valence-corrected chi connectivity index (χ3v) is 3.72. The maximum absolute atomic E-state index is 12.8. The van der Waals surface area contributed by atoms with Gasteiger partial charge < -0.3 is 5.32 Å². The molecule has 0 aliphatic heterocycles. The van der Waals surface area contributed by atoms with Crippen molar-refractivity contribution in [2.45, 2.75) is 38.4 Å². The highest BCUT2D eigenvalue weighted by atomic mass is 79.9. The van der Waals surface area contributed by atoms with Crippen LogP contribution >= 0.6 is 15.9 Å². The van der Waals surface area contributed by atoms with Gasteiger partial charge in [0.2, 0.25) is 0 Å². The molecule has 112 valence electrons. The van der Waals surface area contributed by atoms with Crippen molar-refractivity contribution in [3.8, 4) is 0 Å². The Morgan fingerprint density at radius 1 is 1.40 bits per heavy atom. The average Bonchev–Trinajstić information content (AvgIpc) is 2.39. The van der Waals surface area contributed by atoms with Crippen molar-refractivity contribution in [1.82, 2.24) is 5.32 Å². The number of benzene rings is 1. The van der Waals surface area contributed by atoms with Gasteiger partial charge in [0, 0.05) is 10.5 Å². The number of halogens is 4. The van der Waals surface area contributed by atoms with E-state index in [2.05, 4.69) is 27.8 Å². The number of nitrogens with one attached hydrogen (secondary N) is 1. The Hall–Kier alpha value is -0.810. The van der Waals surface area contributed by atoms with E-state index in [1.807, 2.05) is 6.92 Å². The molecule has 0 radical (unpaired) electrons. The van der Waals surface area contributed by atoms with Crippen molar-refractivity contribution >= 4 is 15.9 Å². The fraction of sp³-hybridized carbons (Fsp3) is 0.467. The molecule has 0 aromatic heterocycles. The molecule has 1 rings (SSSR count). The molecule has 1 aromatic rings. The van der Waals surface area contributed by atoms with Crippen molar-refractivity contribution in [2.24, 2.45) is 0 Å². The second kappa shape index (κ2) is 7.84. The summed E-state index contributed by atoms with van der Waals surface area (Å²) in [6.45, 7) is 6.46. The smallest absolute Gasteiger partial charge is 0.310 e. The van der Waals surface area contributed by atoms with Crippen LogP contribution in [-0.2, 0) is 6.18 Å². The van der Waals surface area contributed by atoms with Gasteiger partial charge in [0.25, 0.3) is 0 Å². The fourth-order valence-corrected chi connectivity index (χ4v) is 2.48. The third kappa shape index (κ3) is 4.94. The first-order chi connectivity index (χ1) is 9.40. The molecule has 1 N–H and O–H groups in total. The van der Waals surface area contributed by atoms with Gasteiger partial charge in [-0.3, -0.25) is 0 Å². The fourth-order valence-electron chi connectivity index (χ4n) is 1.96. The molecule has 0 heterocycles. The van der Waals surface area contributed by atoms with Gasteiger partial charge in [0.15, 0.2) is 0 Å². The van der Waals surface area contributed by atoms with Crippen LogP contribution in [0.1, 0.15) is 43.4 Å². The molecule has 0 aliphatic carbocycles. The minimum atomic E-state index is -4.32. The molecule has 0 saturated carbocycles. The Balaban J connectivity index is 3.06. The van der Waals surface area contributed by atoms with Crippen LogP contribution in [0.2, 0.25) is 0 Å². The molecule has 0 aliphatic rings. The molecule has 0 amide bonds. The Morgan fingerprint density at radius 2 is 2.10 bits per heavy atom. The summed E-state index contributed by atoms with van der Waals surface area (Å²) in [6.07, 6.45) is -0.125. The Labute approximate surface area is 126 Å². The lowest BCUT2D eigenvalue weighted by Gasteiger charge is -2.21. The summed E-state index contributed by atoms with van der Waals surface area (Å²) >= 11 is 3.35. The Bertz CT molecular complexity index is 443. The first kappa shape index (κ1) is 17.2. The lowest BCUT2D eigenvalue weighted by Crippen LogP contribution is -2.23. The number of rotatable bonds is 7. The standard InChI is InChI=1S/C15H19BrF3N/c1-3-5-6-14(20-9-4-2)12-10-11(15(17,18)19)7-8-13(12)16/h3,7-8,10,14,20H,1,4-6,9H2,2H3. The summed E-state index contributed by atoms with van der Waals surface area (Å²) in [5, 5.41) is 3.29. The number of alkyl halides is 3. The van der Waals surface area contributed by atoms with Gasteiger partial charge in [-0.05, 0) is 49.6 Å². The molecule has 1 unspecified atom stereocenters. The first-order valence-corrected chi connectivity index (χ1v) is 7.40. The maximum atomic E-state index is 12.8. The van der Waals surface area contributed by atoms with Crippen molar-refractivity contribution in [3.63, 3.8) is 0 Å². The van der Waals surface area contributed by atoms with Crippen LogP contribution in [0.3, 0.4) is 0 Å². The topological polar surface area (TPSA) is 12.0 Å². The van der Waals surface area contributed by atoms with E-state index in [0.29, 0.717) is 10.0 Å². The van der Waals surface area contributed by atoms with Gasteiger partial charge in [-0.1, -0.05) is 28.9 Å². The van der Waals surface area contributed by atoms with Gasteiger partial charge in [-0.2, -0.15) is 13.2 Å². The molecule has 5 heteroatoms. The molecule has 1 aromatic carbocycles. The van der Waals surface area contributed by atoms with E-state index in [1.54, 1.807) is 6.08 Å². The van der Waals surface area contributed by atoms with E-state index in [4.69, 9.17) is 0 Å². The van der Waals surface area contributed by atoms with Crippen LogP contribution < -0.4 is 5.32 Å². The lowest BCUT2D eigenvalue weighted by atomic mass is 9.99. The summed E-state index contributed by atoms with van der Waals surface area (Å²) in [7, 11) is 0. The SMILES string of the molecule is C=CCCC(NCCC)c1cc(C(F)(F)F)ccc1Br. The summed E-state index contributed by atoms with van der Waals surface area (Å²) in [5.41, 5.74) is 0.0349. The molecule has 0 fully saturated rings. The van der Waals surface area contributed by atoms with E-state index in [0.717, 1.165) is 31.9 Å². The van der Waals surface area contributed by atoms with Crippen molar-refractivity contribution in [2.75, 3.05) is 6.54 Å². The molecule has 1 atom stereocenters. The predicted octanol–water partition coefficient (Wildman–Crippen LogP) is 5.47. The first-order valence-electron chi connectivity index (χ1n) is 6.61. The normalized spacial score (nSPS) is 13.2. The second-order valence-electron chi connectivity index (χ2n) is 4.61. The maximum Gasteiger partial charge on any atom is 0.416 e. The summed E-state index contributed by atoms with van der Waals surface area (Å²) in [6, 6.07) is 3.68. The number of hydrogen-bond donors (Lipinski definition) is 1. The van der Waals surface area contributed by atoms with Gasteiger partial charge >= 0.3 is 6.18 Å². The van der Waals surface area contributed by atoms with E-state index in [1.165, 1.54) is 12.1 Å². The zero-order valence-corrected chi connectivity index (χ0v) is 13.0. The number of allylic oxidation sites excluding steroid dienone is 1. The van der Waals surface area contributed by atoms with Crippen LogP contribution in [0, 0.1) is 0 Å². The largest absolute Gasteiger partial charge is 0.416 e. The average molecular weight is 350 g/mol. The van der Waals surface area contributed by atoms with Crippen LogP contribution in [0.25, 0.3) is 0 Å². The van der Waals surface area contributed by atoms with Gasteiger partial charge in [0.05, 0.1) is 5.56 Å². The Kier molecular flexibility index (Phi) is 6.76. The van der Waals surface area contributed by atoms with E-state index >= 15 is 0 Å². The molecule has 20 heavy (non-hydrogen) atoms. The molecular weight excluding hydrogens is 331 g/mol. The minimum Gasteiger partial charge on any atom is -0.310 e. The monoisotopic (exact) mass is 349 g/mol. The molecule has 1 nitrogen and oxygen atoms in total. The summed E-state index contributed by atoms with van der Waals surface area (Å²) in [4.78, 5) is 0. The van der Waals surface area contributed by atoms with Crippen LogP contribution in [-0.4, -0.2) is 6.54 Å². The summed E-state index contributed by atoms with van der Waals surface area (Å²) in [5.74, 6) is 0. The van der Waals surface area contributed by atoms with E-state index < -0.39 is 11.7 Å². The van der Waals surface area contributed by atoms with E-state index in [9.17, 15) is 13.2 Å². The lowest BCUT2D eigenvalue weighted by molar-refractivity contribution is -0.137. The van der Waals surface area contributed by atoms with Gasteiger partial charge in [0.1, 0.15) is 0 Å². The zero-order chi connectivity index (χ0) is 15.2. The highest BCUT2D eigenvalue weighted by molar-refractivity contribution is 9.10. The molecular formula is C15H19BrF3N. The predicted molar refractivity (Wildman–Crippen MR) is 79.6 cm³/mol. The summed E-state index contributed by atoms with van der Waals surface area (Å²) < 4.78 is 39.1. The highest BCUT2D eigenvalue weighted by Gasteiger charge is 2.31. The van der Waals surface area contributed by atoms with Crippen molar-refractivity contribution < 1.29 is 13.2 Å². The van der Waals surface area contributed by atoms with E-state index in [-0.39, 0.29) is 6.04 Å². The molecule has 0 saturated heterocycles. The van der Waals surface area contributed by atoms with Gasteiger partial charge in [-0.15, -0.1) is 6.58 Å². The third-order valence-electron chi connectivity index (χ3n) is 3.00. The van der Waals surface area contributed by atoms with Crippen LogP contribution in [0.4, 0.5) is 13.2 Å². The van der Waals surface area contributed by atoms with Crippen LogP contribution in [0.15, 0.2) is 35.3 Å². The second-order valence-corrected chi connectivity index (χ2v) is 5.46. The van der Waals surface area contributed by atoms with Gasteiger partial charge in [-0.25, -0.2) is 0 Å². The van der Waals surface area contributed by atoms with Crippen molar-refractivity contribution in [3.05, 3.63) is 46.5 Å². The quantitative estimate of drug-likeness (QED) is 0.643. The van der Waals surface area contributed by atoms with Crippen molar-refractivity contribution in [1.29, 1.82) is 0 Å². The van der Waals surface area contributed by atoms with Crippen LogP contribution in [0.5, 0.6) is 0 Å². The zero-order valence-electron chi connectivity index (χ0n) is 11.4. The minimum absolute atomic E-state index is 0.107. The number of hydrogen-bond acceptors (Lipinski definition) is 1. The Morgan fingerprint density at radius 3 is 2.65 bits per heavy atom.